The van der Waals surface area contributed by atoms with Crippen LogP contribution < -0.4 is 10.3 Å². The van der Waals surface area contributed by atoms with Gasteiger partial charge in [-0.1, -0.05) is 6.92 Å². The normalized spacial score (nSPS) is 16.5. The van der Waals surface area contributed by atoms with Gasteiger partial charge in [0.25, 0.3) is 5.56 Å². The third-order valence-corrected chi connectivity index (χ3v) is 8.16. The van der Waals surface area contributed by atoms with Crippen molar-refractivity contribution < 1.29 is 17.9 Å². The Labute approximate surface area is 210 Å². The van der Waals surface area contributed by atoms with Crippen LogP contribution in [0.4, 0.5) is 0 Å². The van der Waals surface area contributed by atoms with Crippen LogP contribution >= 0.6 is 0 Å². The van der Waals surface area contributed by atoms with E-state index in [2.05, 4.69) is 15.1 Å². The van der Waals surface area contributed by atoms with Gasteiger partial charge in [-0.25, -0.2) is 17.9 Å². The summed E-state index contributed by atoms with van der Waals surface area (Å²) in [5, 5.41) is 4.63. The summed E-state index contributed by atoms with van der Waals surface area (Å²) in [4.78, 5) is 34.3. The largest absolute Gasteiger partial charge is 0.493 e. The van der Waals surface area contributed by atoms with Gasteiger partial charge in [0.1, 0.15) is 17.6 Å². The summed E-state index contributed by atoms with van der Waals surface area (Å²) in [5.41, 5.74) is 0.886. The molecule has 1 N–H and O–H groups in total. The van der Waals surface area contributed by atoms with Gasteiger partial charge in [-0.3, -0.25) is 9.59 Å². The molecule has 0 bridgehead atoms. The molecule has 1 unspecified atom stereocenters. The maximum atomic E-state index is 13.7. The number of nitrogens with zero attached hydrogens (tertiary/aromatic N) is 5. The lowest BCUT2D eigenvalue weighted by molar-refractivity contribution is -0.132. The first-order chi connectivity index (χ1) is 17.1. The highest BCUT2D eigenvalue weighted by Gasteiger charge is 2.40. The molecule has 2 aromatic heterocycles. The first kappa shape index (κ1) is 25.8. The predicted molar refractivity (Wildman–Crippen MR) is 135 cm³/mol. The number of amides is 1. The summed E-state index contributed by atoms with van der Waals surface area (Å²) in [6, 6.07) is 3.71. The molecule has 3 aromatic rings. The molecule has 0 radical (unpaired) electrons. The van der Waals surface area contributed by atoms with E-state index >= 15 is 0 Å². The summed E-state index contributed by atoms with van der Waals surface area (Å²) in [7, 11) is -0.774. The minimum absolute atomic E-state index is 0.00208. The Balaban J connectivity index is 1.86. The van der Waals surface area contributed by atoms with Crippen molar-refractivity contribution in [3.8, 4) is 17.1 Å². The summed E-state index contributed by atoms with van der Waals surface area (Å²) >= 11 is 0. The Morgan fingerprint density at radius 3 is 2.69 bits per heavy atom. The summed E-state index contributed by atoms with van der Waals surface area (Å²) in [6.07, 6.45) is 2.52. The van der Waals surface area contributed by atoms with Crippen LogP contribution in [0.15, 0.2) is 27.9 Å². The number of aryl methyl sites for hydroxylation is 2. The number of aromatic amines is 1. The van der Waals surface area contributed by atoms with E-state index in [4.69, 9.17) is 4.74 Å². The van der Waals surface area contributed by atoms with Gasteiger partial charge in [-0.05, 0) is 51.3 Å². The average Bonchev–Trinajstić information content (AvgIpc) is 3.45. The van der Waals surface area contributed by atoms with E-state index in [0.717, 1.165) is 6.42 Å². The molecule has 1 fully saturated rings. The number of imidazole rings is 1. The number of rotatable bonds is 8. The summed E-state index contributed by atoms with van der Waals surface area (Å²) in [5.74, 6) is 0.957. The van der Waals surface area contributed by atoms with Gasteiger partial charge in [0.15, 0.2) is 11.3 Å². The number of nitrogens with one attached hydrogen (secondary N) is 1. The molecular weight excluding hydrogens is 484 g/mol. The van der Waals surface area contributed by atoms with Crippen LogP contribution in [0, 0.1) is 6.92 Å². The number of H-pyrrole nitrogens is 1. The molecule has 36 heavy (non-hydrogen) atoms. The second kappa shape index (κ2) is 10.0. The van der Waals surface area contributed by atoms with Gasteiger partial charge in [0, 0.05) is 27.1 Å². The van der Waals surface area contributed by atoms with Gasteiger partial charge in [-0.2, -0.15) is 4.31 Å². The van der Waals surface area contributed by atoms with Crippen LogP contribution in [0.2, 0.25) is 0 Å². The number of hydrogen-bond acceptors (Lipinski definition) is 7. The highest BCUT2D eigenvalue weighted by Crippen LogP contribution is 2.33. The first-order valence-corrected chi connectivity index (χ1v) is 13.5. The van der Waals surface area contributed by atoms with Crippen molar-refractivity contribution in [3.63, 3.8) is 0 Å². The lowest BCUT2D eigenvalue weighted by atomic mass is 10.2. The smallest absolute Gasteiger partial charge is 0.277 e. The van der Waals surface area contributed by atoms with Gasteiger partial charge in [0.05, 0.1) is 22.8 Å². The summed E-state index contributed by atoms with van der Waals surface area (Å²) in [6.45, 7) is 6.17. The molecular formula is C24H32N6O5S. The Kier molecular flexibility index (Phi) is 7.19. The average molecular weight is 517 g/mol. The molecule has 12 heteroatoms. The fourth-order valence-corrected chi connectivity index (χ4v) is 6.26. The van der Waals surface area contributed by atoms with Gasteiger partial charge >= 0.3 is 0 Å². The monoisotopic (exact) mass is 516 g/mol. The second-order valence-corrected chi connectivity index (χ2v) is 10.9. The molecule has 4 rings (SSSR count). The maximum absolute atomic E-state index is 13.7. The Morgan fingerprint density at radius 1 is 1.28 bits per heavy atom. The first-order valence-electron chi connectivity index (χ1n) is 12.1. The fourth-order valence-electron chi connectivity index (χ4n) is 4.59. The number of fused-ring (bicyclic) bond motifs is 1. The van der Waals surface area contributed by atoms with Crippen LogP contribution in [-0.4, -0.2) is 76.4 Å². The van der Waals surface area contributed by atoms with Crippen LogP contribution in [0.1, 0.15) is 44.6 Å². The number of ether oxygens (including phenoxy) is 1. The van der Waals surface area contributed by atoms with E-state index in [1.807, 2.05) is 13.8 Å². The van der Waals surface area contributed by atoms with Gasteiger partial charge in [-0.15, -0.1) is 5.10 Å². The van der Waals surface area contributed by atoms with E-state index in [9.17, 15) is 18.0 Å². The van der Waals surface area contributed by atoms with E-state index in [1.54, 1.807) is 27.1 Å². The third kappa shape index (κ3) is 4.50. The number of carbonyl (C=O) groups is 1. The van der Waals surface area contributed by atoms with Crippen LogP contribution in [0.5, 0.6) is 5.75 Å². The number of aromatic nitrogens is 4. The molecule has 0 saturated carbocycles. The van der Waals surface area contributed by atoms with Crippen molar-refractivity contribution in [1.82, 2.24) is 28.8 Å². The Hall–Kier alpha value is -3.25. The molecule has 0 aliphatic carbocycles. The predicted octanol–water partition coefficient (Wildman–Crippen LogP) is 1.99. The van der Waals surface area contributed by atoms with Gasteiger partial charge in [0.2, 0.25) is 15.9 Å². The standard InChI is InChI=1S/C24H32N6O5S/c1-6-9-20-25-15(3)21-23(31)26-22(27-30(20)21)17-14-16(11-12-19(17)35-7-2)36(33,34)29-13-8-10-18(29)24(32)28(4)5/h11-12,14,18H,6-10,13H2,1-5H3,(H,26,27,31). The molecule has 1 aromatic carbocycles. The van der Waals surface area contributed by atoms with Crippen molar-refractivity contribution >= 4 is 21.4 Å². The van der Waals surface area contributed by atoms with Gasteiger partial charge < -0.3 is 14.6 Å². The van der Waals surface area contributed by atoms with Crippen molar-refractivity contribution in [2.45, 2.75) is 57.4 Å². The molecule has 0 spiro atoms. The molecule has 1 aliphatic rings. The topological polar surface area (TPSA) is 130 Å². The number of likely N-dealkylation sites (N-methyl/N-ethyl adjacent to an activating group) is 1. The molecule has 1 atom stereocenters. The number of sulfonamides is 1. The quantitative estimate of drug-likeness (QED) is 0.485. The molecule has 1 amide bonds. The SMILES string of the molecule is CCCc1nc(C)c2c(=O)[nH]c(-c3cc(S(=O)(=O)N4CCCC4C(=O)N(C)C)ccc3OCC)nn12. The molecule has 194 valence electrons. The van der Waals surface area contributed by atoms with Crippen LogP contribution in [0.25, 0.3) is 16.9 Å². The van der Waals surface area contributed by atoms with Crippen molar-refractivity contribution in [2.75, 3.05) is 27.2 Å². The van der Waals surface area contributed by atoms with Crippen molar-refractivity contribution in [1.29, 1.82) is 0 Å². The minimum atomic E-state index is -4.00. The van der Waals surface area contributed by atoms with E-state index in [1.165, 1.54) is 25.9 Å². The number of carbonyl (C=O) groups excluding carboxylic acids is 1. The molecule has 3 heterocycles. The second-order valence-electron chi connectivity index (χ2n) is 9.02. The minimum Gasteiger partial charge on any atom is -0.493 e. The Bertz CT molecular complexity index is 1460. The highest BCUT2D eigenvalue weighted by molar-refractivity contribution is 7.89. The lowest BCUT2D eigenvalue weighted by Crippen LogP contribution is -2.45. The molecule has 11 nitrogen and oxygen atoms in total. The van der Waals surface area contributed by atoms with E-state index in [0.29, 0.717) is 54.2 Å². The molecule has 1 aliphatic heterocycles. The zero-order chi connectivity index (χ0) is 26.2. The number of hydrogen-bond donors (Lipinski definition) is 1. The van der Waals surface area contributed by atoms with Crippen molar-refractivity contribution in [2.24, 2.45) is 0 Å². The fraction of sp³-hybridized carbons (Fsp3) is 0.500. The lowest BCUT2D eigenvalue weighted by Gasteiger charge is -2.26. The summed E-state index contributed by atoms with van der Waals surface area (Å²) < 4.78 is 35.8. The van der Waals surface area contributed by atoms with Crippen LogP contribution in [0.3, 0.4) is 0 Å². The zero-order valence-corrected chi connectivity index (χ0v) is 22.1. The maximum Gasteiger partial charge on any atom is 0.277 e. The van der Waals surface area contributed by atoms with Crippen LogP contribution in [-0.2, 0) is 21.2 Å². The third-order valence-electron chi connectivity index (χ3n) is 6.26. The zero-order valence-electron chi connectivity index (χ0n) is 21.2. The molecule has 1 saturated heterocycles. The van der Waals surface area contributed by atoms with Crippen molar-refractivity contribution in [3.05, 3.63) is 40.1 Å². The Morgan fingerprint density at radius 2 is 2.03 bits per heavy atom. The highest BCUT2D eigenvalue weighted by atomic mass is 32.2. The van der Waals surface area contributed by atoms with E-state index < -0.39 is 16.1 Å². The van der Waals surface area contributed by atoms with E-state index in [-0.39, 0.29) is 28.7 Å². The number of benzene rings is 1.